The van der Waals surface area contributed by atoms with Crippen LogP contribution < -0.4 is 0 Å². The van der Waals surface area contributed by atoms with Crippen LogP contribution in [-0.2, 0) is 0 Å². The van der Waals surface area contributed by atoms with Gasteiger partial charge in [-0.25, -0.2) is 0 Å². The quantitative estimate of drug-likeness (QED) is 0.785. The van der Waals surface area contributed by atoms with Crippen LogP contribution in [0.5, 0.6) is 0 Å². The van der Waals surface area contributed by atoms with E-state index in [1.165, 1.54) is 10.3 Å². The van der Waals surface area contributed by atoms with Gasteiger partial charge in [-0.1, -0.05) is 24.3 Å². The Morgan fingerprint density at radius 3 is 2.50 bits per heavy atom. The molecular formula is C15H16N2S. The average Bonchev–Trinajstić information content (AvgIpc) is 2.38. The first kappa shape index (κ1) is 12.9. The standard InChI is InChI=1S/C15H16N2S/c1-17(2)9-10-18-15-8-7-12(11-16)13-5-3-4-6-14(13)15/h3-8H,9-10H2,1-2H3. The lowest BCUT2D eigenvalue weighted by Gasteiger charge is -2.10. The van der Waals surface area contributed by atoms with Gasteiger partial charge in [-0.05, 0) is 31.6 Å². The maximum absolute atomic E-state index is 9.11. The number of hydrogen-bond donors (Lipinski definition) is 0. The second-order valence-electron chi connectivity index (χ2n) is 4.42. The molecule has 0 amide bonds. The molecule has 2 aromatic rings. The van der Waals surface area contributed by atoms with Crippen LogP contribution in [0.15, 0.2) is 41.3 Å². The smallest absolute Gasteiger partial charge is 0.0998 e. The zero-order valence-corrected chi connectivity index (χ0v) is 11.5. The first-order valence-electron chi connectivity index (χ1n) is 5.92. The fourth-order valence-corrected chi connectivity index (χ4v) is 3.01. The topological polar surface area (TPSA) is 27.0 Å². The van der Waals surface area contributed by atoms with Gasteiger partial charge in [0.05, 0.1) is 11.6 Å². The molecule has 0 aliphatic heterocycles. The summed E-state index contributed by atoms with van der Waals surface area (Å²) in [5.74, 6) is 1.06. The summed E-state index contributed by atoms with van der Waals surface area (Å²) in [6.45, 7) is 1.05. The Hall–Kier alpha value is -1.50. The van der Waals surface area contributed by atoms with E-state index in [1.54, 1.807) is 0 Å². The molecule has 2 rings (SSSR count). The molecule has 0 N–H and O–H groups in total. The number of nitriles is 1. The minimum absolute atomic E-state index is 0.752. The van der Waals surface area contributed by atoms with E-state index in [-0.39, 0.29) is 0 Å². The van der Waals surface area contributed by atoms with Gasteiger partial charge in [0.15, 0.2) is 0 Å². The van der Waals surface area contributed by atoms with Gasteiger partial charge < -0.3 is 4.90 Å². The van der Waals surface area contributed by atoms with E-state index in [0.29, 0.717) is 0 Å². The second kappa shape index (κ2) is 5.90. The van der Waals surface area contributed by atoms with Gasteiger partial charge in [0.1, 0.15) is 0 Å². The van der Waals surface area contributed by atoms with Crippen LogP contribution in [-0.4, -0.2) is 31.3 Å². The highest BCUT2D eigenvalue weighted by molar-refractivity contribution is 7.99. The largest absolute Gasteiger partial charge is 0.309 e. The summed E-state index contributed by atoms with van der Waals surface area (Å²) in [4.78, 5) is 3.44. The Kier molecular flexibility index (Phi) is 4.24. The first-order chi connectivity index (χ1) is 8.72. The Morgan fingerprint density at radius 2 is 1.83 bits per heavy atom. The number of nitrogens with zero attached hydrogens (tertiary/aromatic N) is 2. The van der Waals surface area contributed by atoms with Crippen molar-refractivity contribution in [2.24, 2.45) is 0 Å². The van der Waals surface area contributed by atoms with Crippen molar-refractivity contribution in [3.63, 3.8) is 0 Å². The van der Waals surface area contributed by atoms with Gasteiger partial charge >= 0.3 is 0 Å². The molecule has 18 heavy (non-hydrogen) atoms. The molecule has 0 heterocycles. The normalized spacial score (nSPS) is 10.8. The van der Waals surface area contributed by atoms with Crippen LogP contribution >= 0.6 is 11.8 Å². The van der Waals surface area contributed by atoms with Gasteiger partial charge in [0, 0.05) is 22.6 Å². The van der Waals surface area contributed by atoms with Gasteiger partial charge in [-0.3, -0.25) is 0 Å². The molecule has 0 aromatic heterocycles. The SMILES string of the molecule is CN(C)CCSc1ccc(C#N)c2ccccc12. The van der Waals surface area contributed by atoms with Crippen molar-refractivity contribution < 1.29 is 0 Å². The molecule has 3 heteroatoms. The third kappa shape index (κ3) is 2.84. The molecule has 2 nitrogen and oxygen atoms in total. The fraction of sp³-hybridized carbons (Fsp3) is 0.267. The molecule has 0 aliphatic rings. The molecule has 0 bridgehead atoms. The lowest BCUT2D eigenvalue weighted by molar-refractivity contribution is 0.437. The summed E-state index contributed by atoms with van der Waals surface area (Å²) >= 11 is 1.85. The van der Waals surface area contributed by atoms with Gasteiger partial charge in [-0.15, -0.1) is 11.8 Å². The fourth-order valence-electron chi connectivity index (χ4n) is 1.83. The van der Waals surface area contributed by atoms with E-state index in [0.717, 1.165) is 23.2 Å². The maximum atomic E-state index is 9.11. The predicted molar refractivity (Wildman–Crippen MR) is 77.9 cm³/mol. The van der Waals surface area contributed by atoms with Crippen LogP contribution in [0.3, 0.4) is 0 Å². The Morgan fingerprint density at radius 1 is 1.11 bits per heavy atom. The lowest BCUT2D eigenvalue weighted by atomic mass is 10.1. The van der Waals surface area contributed by atoms with Crippen molar-refractivity contribution in [1.29, 1.82) is 5.26 Å². The minimum Gasteiger partial charge on any atom is -0.309 e. The lowest BCUT2D eigenvalue weighted by Crippen LogP contribution is -2.14. The predicted octanol–water partition coefficient (Wildman–Crippen LogP) is 3.37. The number of benzene rings is 2. The molecule has 92 valence electrons. The highest BCUT2D eigenvalue weighted by Gasteiger charge is 2.05. The van der Waals surface area contributed by atoms with Gasteiger partial charge in [0.25, 0.3) is 0 Å². The molecule has 0 saturated carbocycles. The van der Waals surface area contributed by atoms with Crippen LogP contribution in [0.4, 0.5) is 0 Å². The van der Waals surface area contributed by atoms with Crippen LogP contribution in [0.25, 0.3) is 10.8 Å². The van der Waals surface area contributed by atoms with Crippen molar-refractivity contribution in [2.75, 3.05) is 26.4 Å². The second-order valence-corrected chi connectivity index (χ2v) is 5.56. The molecule has 0 aliphatic carbocycles. The molecule has 2 aromatic carbocycles. The zero-order valence-electron chi connectivity index (χ0n) is 10.7. The molecule has 0 saturated heterocycles. The third-order valence-corrected chi connectivity index (χ3v) is 3.85. The van der Waals surface area contributed by atoms with E-state index in [1.807, 2.05) is 36.0 Å². The summed E-state index contributed by atoms with van der Waals surface area (Å²) in [5.41, 5.74) is 0.752. The van der Waals surface area contributed by atoms with E-state index < -0.39 is 0 Å². The Balaban J connectivity index is 2.32. The summed E-state index contributed by atoms with van der Waals surface area (Å²) in [6, 6.07) is 14.3. The minimum atomic E-state index is 0.752. The van der Waals surface area contributed by atoms with Crippen molar-refractivity contribution in [3.8, 4) is 6.07 Å². The summed E-state index contributed by atoms with van der Waals surface area (Å²) < 4.78 is 0. The highest BCUT2D eigenvalue weighted by Crippen LogP contribution is 2.29. The van der Waals surface area contributed by atoms with Crippen LogP contribution in [0.1, 0.15) is 5.56 Å². The highest BCUT2D eigenvalue weighted by atomic mass is 32.2. The third-order valence-electron chi connectivity index (χ3n) is 2.80. The first-order valence-corrected chi connectivity index (χ1v) is 6.90. The molecule has 0 atom stereocenters. The molecule has 0 unspecified atom stereocenters. The van der Waals surface area contributed by atoms with E-state index in [4.69, 9.17) is 5.26 Å². The van der Waals surface area contributed by atoms with Gasteiger partial charge in [0.2, 0.25) is 0 Å². The average molecular weight is 256 g/mol. The van der Waals surface area contributed by atoms with Crippen molar-refractivity contribution in [3.05, 3.63) is 42.0 Å². The van der Waals surface area contributed by atoms with Crippen LogP contribution in [0.2, 0.25) is 0 Å². The van der Waals surface area contributed by atoms with Crippen molar-refractivity contribution in [2.45, 2.75) is 4.90 Å². The maximum Gasteiger partial charge on any atom is 0.0998 e. The van der Waals surface area contributed by atoms with E-state index >= 15 is 0 Å². The van der Waals surface area contributed by atoms with Crippen molar-refractivity contribution >= 4 is 22.5 Å². The van der Waals surface area contributed by atoms with E-state index in [2.05, 4.69) is 37.2 Å². The Bertz CT molecular complexity index is 585. The monoisotopic (exact) mass is 256 g/mol. The number of hydrogen-bond acceptors (Lipinski definition) is 3. The molecule has 0 radical (unpaired) electrons. The molecule has 0 fully saturated rings. The van der Waals surface area contributed by atoms with E-state index in [9.17, 15) is 0 Å². The Labute approximate surface area is 112 Å². The van der Waals surface area contributed by atoms with Gasteiger partial charge in [-0.2, -0.15) is 5.26 Å². The molecule has 0 spiro atoms. The summed E-state index contributed by atoms with van der Waals surface area (Å²) in [7, 11) is 4.16. The molecular weight excluding hydrogens is 240 g/mol. The number of rotatable bonds is 4. The summed E-state index contributed by atoms with van der Waals surface area (Å²) in [5, 5.41) is 11.3. The number of fused-ring (bicyclic) bond motifs is 1. The van der Waals surface area contributed by atoms with Crippen molar-refractivity contribution in [1.82, 2.24) is 4.90 Å². The van der Waals surface area contributed by atoms with Crippen LogP contribution in [0, 0.1) is 11.3 Å². The summed E-state index contributed by atoms with van der Waals surface area (Å²) in [6.07, 6.45) is 0. The number of thioether (sulfide) groups is 1. The zero-order chi connectivity index (χ0) is 13.0.